The van der Waals surface area contributed by atoms with Crippen LogP contribution in [0.3, 0.4) is 0 Å². The van der Waals surface area contributed by atoms with Crippen molar-refractivity contribution in [1.82, 2.24) is 9.78 Å². The van der Waals surface area contributed by atoms with Crippen LogP contribution in [0.2, 0.25) is 0 Å². The van der Waals surface area contributed by atoms with Crippen molar-refractivity contribution in [2.75, 3.05) is 0 Å². The number of aromatic nitrogens is 2. The van der Waals surface area contributed by atoms with Gasteiger partial charge in [-0.05, 0) is 19.4 Å². The molecule has 0 spiro atoms. The molecule has 2 rings (SSSR count). The molecule has 1 aromatic carbocycles. The second-order valence-electron chi connectivity index (χ2n) is 4.29. The molecule has 17 heavy (non-hydrogen) atoms. The summed E-state index contributed by atoms with van der Waals surface area (Å²) in [5.41, 5.74) is 6.67. The smallest absolute Gasteiger partial charge is 0.274 e. The summed E-state index contributed by atoms with van der Waals surface area (Å²) in [5.74, 6) is 0. The van der Waals surface area contributed by atoms with Crippen LogP contribution >= 0.6 is 0 Å². The van der Waals surface area contributed by atoms with Crippen LogP contribution < -0.4 is 11.3 Å². The fraction of sp³-hybridized carbons (Fsp3) is 0.385. The van der Waals surface area contributed by atoms with Gasteiger partial charge >= 0.3 is 0 Å². The van der Waals surface area contributed by atoms with Crippen LogP contribution in [0.4, 0.5) is 0 Å². The topological polar surface area (TPSA) is 60.9 Å². The molecule has 2 aromatic rings. The van der Waals surface area contributed by atoms with Crippen LogP contribution in [-0.2, 0) is 6.54 Å². The molecule has 0 aliphatic rings. The monoisotopic (exact) mass is 231 g/mol. The van der Waals surface area contributed by atoms with Gasteiger partial charge < -0.3 is 5.73 Å². The summed E-state index contributed by atoms with van der Waals surface area (Å²) in [6, 6.07) is 7.51. The van der Waals surface area contributed by atoms with Crippen molar-refractivity contribution in [2.24, 2.45) is 5.73 Å². The first kappa shape index (κ1) is 11.8. The molecule has 1 heterocycles. The molecule has 4 nitrogen and oxygen atoms in total. The summed E-state index contributed by atoms with van der Waals surface area (Å²) in [4.78, 5) is 12.2. The van der Waals surface area contributed by atoms with E-state index in [1.54, 1.807) is 0 Å². The van der Waals surface area contributed by atoms with Gasteiger partial charge in [-0.15, -0.1) is 0 Å². The summed E-state index contributed by atoms with van der Waals surface area (Å²) in [5, 5.41) is 5.94. The predicted molar refractivity (Wildman–Crippen MR) is 69.0 cm³/mol. The van der Waals surface area contributed by atoms with E-state index in [1.165, 1.54) is 4.68 Å². The number of benzene rings is 1. The Bertz CT molecular complexity index is 589. The third kappa shape index (κ3) is 2.22. The molecule has 0 amide bonds. The lowest BCUT2D eigenvalue weighted by atomic mass is 10.1. The first-order chi connectivity index (χ1) is 8.13. The Morgan fingerprint density at radius 1 is 1.35 bits per heavy atom. The van der Waals surface area contributed by atoms with E-state index in [1.807, 2.05) is 38.1 Å². The molecule has 0 aliphatic carbocycles. The van der Waals surface area contributed by atoms with Gasteiger partial charge in [0.2, 0.25) is 0 Å². The van der Waals surface area contributed by atoms with E-state index < -0.39 is 0 Å². The van der Waals surface area contributed by atoms with Crippen molar-refractivity contribution < 1.29 is 0 Å². The van der Waals surface area contributed by atoms with Gasteiger partial charge in [0.1, 0.15) is 0 Å². The van der Waals surface area contributed by atoms with E-state index >= 15 is 0 Å². The van der Waals surface area contributed by atoms with E-state index in [2.05, 4.69) is 5.10 Å². The molecule has 4 heteroatoms. The molecule has 0 bridgehead atoms. The van der Waals surface area contributed by atoms with Crippen LogP contribution in [0.1, 0.15) is 19.0 Å². The van der Waals surface area contributed by atoms with Crippen LogP contribution in [0.25, 0.3) is 10.8 Å². The fourth-order valence-electron chi connectivity index (χ4n) is 1.88. The van der Waals surface area contributed by atoms with Gasteiger partial charge in [0.05, 0.1) is 17.6 Å². The third-order valence-electron chi connectivity index (χ3n) is 2.98. The van der Waals surface area contributed by atoms with Crippen molar-refractivity contribution in [3.8, 4) is 0 Å². The molecule has 1 unspecified atom stereocenters. The lowest BCUT2D eigenvalue weighted by Crippen LogP contribution is -2.33. The standard InChI is InChI=1S/C13H17N3O/c1-3-10(14)8-16-13(17)12-7-5-4-6-11(12)9(2)15-16/h4-7,10H,3,8,14H2,1-2H3. The maximum absolute atomic E-state index is 12.2. The summed E-state index contributed by atoms with van der Waals surface area (Å²) in [7, 11) is 0. The van der Waals surface area contributed by atoms with Gasteiger partial charge in [0, 0.05) is 11.4 Å². The van der Waals surface area contributed by atoms with Crippen LogP contribution in [0.15, 0.2) is 29.1 Å². The van der Waals surface area contributed by atoms with Gasteiger partial charge in [-0.3, -0.25) is 4.79 Å². The van der Waals surface area contributed by atoms with Gasteiger partial charge in [0.15, 0.2) is 0 Å². The Balaban J connectivity index is 2.59. The minimum Gasteiger partial charge on any atom is -0.326 e. The van der Waals surface area contributed by atoms with E-state index in [0.29, 0.717) is 11.9 Å². The van der Waals surface area contributed by atoms with E-state index in [9.17, 15) is 4.79 Å². The minimum absolute atomic E-state index is 0.0271. The van der Waals surface area contributed by atoms with E-state index in [4.69, 9.17) is 5.73 Å². The van der Waals surface area contributed by atoms with Gasteiger partial charge in [-0.25, -0.2) is 4.68 Å². The lowest BCUT2D eigenvalue weighted by Gasteiger charge is -2.12. The Hall–Kier alpha value is -1.68. The van der Waals surface area contributed by atoms with Crippen molar-refractivity contribution in [3.05, 3.63) is 40.3 Å². The maximum Gasteiger partial charge on any atom is 0.274 e. The SMILES string of the molecule is CCC(N)Cn1nc(C)c2ccccc2c1=O. The Labute approximate surface area is 100 Å². The van der Waals surface area contributed by atoms with Gasteiger partial charge in [0.25, 0.3) is 5.56 Å². The second-order valence-corrected chi connectivity index (χ2v) is 4.29. The van der Waals surface area contributed by atoms with Crippen molar-refractivity contribution >= 4 is 10.8 Å². The molecule has 2 N–H and O–H groups in total. The summed E-state index contributed by atoms with van der Waals surface area (Å²) < 4.78 is 1.48. The average molecular weight is 231 g/mol. The van der Waals surface area contributed by atoms with Crippen molar-refractivity contribution in [3.63, 3.8) is 0 Å². The Kier molecular flexibility index (Phi) is 3.24. The molecular weight excluding hydrogens is 214 g/mol. The first-order valence-corrected chi connectivity index (χ1v) is 5.85. The van der Waals surface area contributed by atoms with Crippen molar-refractivity contribution in [1.29, 1.82) is 0 Å². The maximum atomic E-state index is 12.2. The molecular formula is C13H17N3O. The molecule has 1 aromatic heterocycles. The molecule has 1 atom stereocenters. The van der Waals surface area contributed by atoms with Crippen molar-refractivity contribution in [2.45, 2.75) is 32.9 Å². The normalized spacial score (nSPS) is 12.9. The zero-order valence-corrected chi connectivity index (χ0v) is 10.2. The fourth-order valence-corrected chi connectivity index (χ4v) is 1.88. The third-order valence-corrected chi connectivity index (χ3v) is 2.98. The zero-order chi connectivity index (χ0) is 12.4. The Morgan fingerprint density at radius 2 is 2.00 bits per heavy atom. The van der Waals surface area contributed by atoms with Gasteiger partial charge in [-0.2, -0.15) is 5.10 Å². The quantitative estimate of drug-likeness (QED) is 0.869. The number of hydrogen-bond donors (Lipinski definition) is 1. The highest BCUT2D eigenvalue weighted by Gasteiger charge is 2.09. The summed E-state index contributed by atoms with van der Waals surface area (Å²) >= 11 is 0. The lowest BCUT2D eigenvalue weighted by molar-refractivity contribution is 0.481. The summed E-state index contributed by atoms with van der Waals surface area (Å²) in [6.45, 7) is 4.39. The number of nitrogens with two attached hydrogens (primary N) is 1. The van der Waals surface area contributed by atoms with Crippen LogP contribution in [-0.4, -0.2) is 15.8 Å². The molecule has 90 valence electrons. The molecule has 0 fully saturated rings. The van der Waals surface area contributed by atoms with Gasteiger partial charge in [-0.1, -0.05) is 25.1 Å². The van der Waals surface area contributed by atoms with E-state index in [-0.39, 0.29) is 11.6 Å². The summed E-state index contributed by atoms with van der Waals surface area (Å²) in [6.07, 6.45) is 0.833. The number of aryl methyl sites for hydroxylation is 1. The molecule has 0 aliphatic heterocycles. The molecule has 0 radical (unpaired) electrons. The molecule has 0 saturated carbocycles. The number of nitrogens with zero attached hydrogens (tertiary/aromatic N) is 2. The highest BCUT2D eigenvalue weighted by atomic mass is 16.1. The average Bonchev–Trinajstić information content (AvgIpc) is 2.35. The highest BCUT2D eigenvalue weighted by molar-refractivity contribution is 5.83. The Morgan fingerprint density at radius 3 is 2.65 bits per heavy atom. The predicted octanol–water partition coefficient (Wildman–Crippen LogP) is 1.44. The van der Waals surface area contributed by atoms with Crippen LogP contribution in [0.5, 0.6) is 0 Å². The number of hydrogen-bond acceptors (Lipinski definition) is 3. The minimum atomic E-state index is -0.0601. The first-order valence-electron chi connectivity index (χ1n) is 5.85. The van der Waals surface area contributed by atoms with Crippen LogP contribution in [0, 0.1) is 6.92 Å². The number of rotatable bonds is 3. The number of fused-ring (bicyclic) bond motifs is 1. The largest absolute Gasteiger partial charge is 0.326 e. The second kappa shape index (κ2) is 4.67. The zero-order valence-electron chi connectivity index (χ0n) is 10.2. The molecule has 0 saturated heterocycles. The highest BCUT2D eigenvalue weighted by Crippen LogP contribution is 2.11. The van der Waals surface area contributed by atoms with E-state index in [0.717, 1.165) is 17.5 Å².